The number of phenols is 1. The molecule has 0 aliphatic carbocycles. The fourth-order valence-electron chi connectivity index (χ4n) is 2.17. The average Bonchev–Trinajstić information content (AvgIpc) is 2.32. The van der Waals surface area contributed by atoms with E-state index in [-0.39, 0.29) is 12.7 Å². The van der Waals surface area contributed by atoms with Gasteiger partial charge >= 0.3 is 0 Å². The van der Waals surface area contributed by atoms with E-state index in [0.717, 1.165) is 42.6 Å². The zero-order valence-electron chi connectivity index (χ0n) is 9.57. The van der Waals surface area contributed by atoms with Gasteiger partial charge < -0.3 is 14.9 Å². The van der Waals surface area contributed by atoms with Crippen LogP contribution in [-0.4, -0.2) is 22.9 Å². The largest absolute Gasteiger partial charge is 0.508 e. The zero-order chi connectivity index (χ0) is 11.5. The number of rotatable bonds is 3. The Morgan fingerprint density at radius 1 is 1.44 bits per heavy atom. The second-order valence-electron chi connectivity index (χ2n) is 4.26. The van der Waals surface area contributed by atoms with Crippen LogP contribution in [-0.2, 0) is 12.8 Å². The Morgan fingerprint density at radius 3 is 2.94 bits per heavy atom. The lowest BCUT2D eigenvalue weighted by Crippen LogP contribution is -2.26. The summed E-state index contributed by atoms with van der Waals surface area (Å²) in [4.78, 5) is 0. The highest BCUT2D eigenvalue weighted by Gasteiger charge is 2.23. The molecule has 1 aromatic carbocycles. The number of benzene rings is 1. The van der Waals surface area contributed by atoms with Gasteiger partial charge in [-0.3, -0.25) is 0 Å². The number of aryl methyl sites for hydroxylation is 1. The topological polar surface area (TPSA) is 49.7 Å². The van der Waals surface area contributed by atoms with E-state index in [1.807, 2.05) is 6.07 Å². The molecular formula is C13H18O3. The SMILES string of the molecule is CCCc1c(O)ccc2c1OC(CO)CC2. The van der Waals surface area contributed by atoms with Crippen LogP contribution in [0.3, 0.4) is 0 Å². The molecule has 0 aromatic heterocycles. The first-order chi connectivity index (χ1) is 7.76. The molecule has 1 atom stereocenters. The van der Waals surface area contributed by atoms with Crippen LogP contribution >= 0.6 is 0 Å². The van der Waals surface area contributed by atoms with Crippen LogP contribution in [0.25, 0.3) is 0 Å². The van der Waals surface area contributed by atoms with Gasteiger partial charge in [0.05, 0.1) is 6.61 Å². The first-order valence-electron chi connectivity index (χ1n) is 5.87. The van der Waals surface area contributed by atoms with Crippen molar-refractivity contribution < 1.29 is 14.9 Å². The molecule has 2 N–H and O–H groups in total. The molecule has 1 aliphatic heterocycles. The van der Waals surface area contributed by atoms with Gasteiger partial charge in [-0.1, -0.05) is 19.4 Å². The molecule has 1 aromatic rings. The summed E-state index contributed by atoms with van der Waals surface area (Å²) in [6.45, 7) is 2.12. The van der Waals surface area contributed by atoms with E-state index < -0.39 is 0 Å². The maximum absolute atomic E-state index is 9.81. The van der Waals surface area contributed by atoms with Gasteiger partial charge in [-0.25, -0.2) is 0 Å². The van der Waals surface area contributed by atoms with Gasteiger partial charge in [-0.05, 0) is 30.9 Å². The van der Waals surface area contributed by atoms with Gasteiger partial charge in [-0.15, -0.1) is 0 Å². The number of aliphatic hydroxyl groups is 1. The van der Waals surface area contributed by atoms with Crippen molar-refractivity contribution in [1.82, 2.24) is 0 Å². The van der Waals surface area contributed by atoms with Crippen LogP contribution in [0.15, 0.2) is 12.1 Å². The molecule has 0 radical (unpaired) electrons. The van der Waals surface area contributed by atoms with Crippen molar-refractivity contribution in [2.75, 3.05) is 6.61 Å². The van der Waals surface area contributed by atoms with Crippen molar-refractivity contribution >= 4 is 0 Å². The lowest BCUT2D eigenvalue weighted by molar-refractivity contribution is 0.0964. The number of hydrogen-bond donors (Lipinski definition) is 2. The van der Waals surface area contributed by atoms with Crippen molar-refractivity contribution in [2.24, 2.45) is 0 Å². The van der Waals surface area contributed by atoms with Gasteiger partial charge in [0, 0.05) is 5.56 Å². The summed E-state index contributed by atoms with van der Waals surface area (Å²) in [5, 5.41) is 18.9. The molecule has 1 unspecified atom stereocenters. The summed E-state index contributed by atoms with van der Waals surface area (Å²) in [7, 11) is 0. The Hall–Kier alpha value is -1.22. The molecule has 0 amide bonds. The number of fused-ring (bicyclic) bond motifs is 1. The van der Waals surface area contributed by atoms with Crippen molar-refractivity contribution in [1.29, 1.82) is 0 Å². The first-order valence-corrected chi connectivity index (χ1v) is 5.87. The standard InChI is InChI=1S/C13H18O3/c1-2-3-11-12(15)7-5-9-4-6-10(8-14)16-13(9)11/h5,7,10,14-15H,2-4,6,8H2,1H3. The maximum atomic E-state index is 9.81. The van der Waals surface area contributed by atoms with Crippen molar-refractivity contribution in [3.63, 3.8) is 0 Å². The maximum Gasteiger partial charge on any atom is 0.129 e. The van der Waals surface area contributed by atoms with Crippen molar-refractivity contribution in [3.05, 3.63) is 23.3 Å². The fraction of sp³-hybridized carbons (Fsp3) is 0.538. The molecule has 16 heavy (non-hydrogen) atoms. The van der Waals surface area contributed by atoms with Crippen LogP contribution in [0.2, 0.25) is 0 Å². The molecule has 3 nitrogen and oxygen atoms in total. The van der Waals surface area contributed by atoms with E-state index in [1.165, 1.54) is 0 Å². The number of phenolic OH excluding ortho intramolecular Hbond substituents is 1. The minimum atomic E-state index is -0.120. The number of aromatic hydroxyl groups is 1. The highest BCUT2D eigenvalue weighted by Crippen LogP contribution is 2.37. The highest BCUT2D eigenvalue weighted by molar-refractivity contribution is 5.50. The number of aliphatic hydroxyl groups excluding tert-OH is 1. The smallest absolute Gasteiger partial charge is 0.129 e. The first kappa shape index (κ1) is 11.3. The quantitative estimate of drug-likeness (QED) is 0.822. The van der Waals surface area contributed by atoms with E-state index in [9.17, 15) is 5.11 Å². The third-order valence-electron chi connectivity index (χ3n) is 3.04. The molecule has 3 heteroatoms. The summed E-state index contributed by atoms with van der Waals surface area (Å²) in [5.74, 6) is 1.10. The molecule has 0 fully saturated rings. The molecule has 0 saturated carbocycles. The highest BCUT2D eigenvalue weighted by atomic mass is 16.5. The Bertz CT molecular complexity index is 374. The Balaban J connectivity index is 2.37. The second kappa shape index (κ2) is 4.74. The monoisotopic (exact) mass is 222 g/mol. The van der Waals surface area contributed by atoms with Gasteiger partial charge in [0.1, 0.15) is 17.6 Å². The van der Waals surface area contributed by atoms with Crippen LogP contribution in [0.5, 0.6) is 11.5 Å². The van der Waals surface area contributed by atoms with Crippen LogP contribution in [0, 0.1) is 0 Å². The molecule has 0 spiro atoms. The van der Waals surface area contributed by atoms with E-state index in [4.69, 9.17) is 9.84 Å². The average molecular weight is 222 g/mol. The predicted molar refractivity (Wildman–Crippen MR) is 61.9 cm³/mol. The Kier molecular flexibility index (Phi) is 3.34. The molecule has 2 rings (SSSR count). The van der Waals surface area contributed by atoms with Crippen molar-refractivity contribution in [2.45, 2.75) is 38.7 Å². The number of ether oxygens (including phenoxy) is 1. The van der Waals surface area contributed by atoms with Crippen molar-refractivity contribution in [3.8, 4) is 11.5 Å². The van der Waals surface area contributed by atoms with Crippen LogP contribution < -0.4 is 4.74 Å². The minimum absolute atomic E-state index is 0.0423. The molecule has 1 heterocycles. The predicted octanol–water partition coefficient (Wildman–Crippen LogP) is 2.03. The summed E-state index contributed by atoms with van der Waals surface area (Å²) in [6.07, 6.45) is 3.42. The van der Waals surface area contributed by atoms with Gasteiger partial charge in [0.25, 0.3) is 0 Å². The molecule has 1 aliphatic rings. The van der Waals surface area contributed by atoms with E-state index in [1.54, 1.807) is 6.07 Å². The fourth-order valence-corrected chi connectivity index (χ4v) is 2.17. The summed E-state index contributed by atoms with van der Waals surface area (Å²) >= 11 is 0. The van der Waals surface area contributed by atoms with E-state index in [0.29, 0.717) is 5.75 Å². The lowest BCUT2D eigenvalue weighted by atomic mass is 9.97. The van der Waals surface area contributed by atoms with E-state index >= 15 is 0 Å². The minimum Gasteiger partial charge on any atom is -0.508 e. The van der Waals surface area contributed by atoms with Crippen LogP contribution in [0.4, 0.5) is 0 Å². The van der Waals surface area contributed by atoms with Gasteiger partial charge in [0.2, 0.25) is 0 Å². The Labute approximate surface area is 95.7 Å². The number of hydrogen-bond acceptors (Lipinski definition) is 3. The van der Waals surface area contributed by atoms with Crippen LogP contribution in [0.1, 0.15) is 30.9 Å². The third-order valence-corrected chi connectivity index (χ3v) is 3.04. The van der Waals surface area contributed by atoms with Gasteiger partial charge in [0.15, 0.2) is 0 Å². The third kappa shape index (κ3) is 2.00. The second-order valence-corrected chi connectivity index (χ2v) is 4.26. The summed E-state index contributed by atoms with van der Waals surface area (Å²) in [5.41, 5.74) is 2.03. The molecule has 88 valence electrons. The lowest BCUT2D eigenvalue weighted by Gasteiger charge is -2.27. The van der Waals surface area contributed by atoms with E-state index in [2.05, 4.69) is 6.92 Å². The normalized spacial score (nSPS) is 19.0. The molecule has 0 bridgehead atoms. The Morgan fingerprint density at radius 2 is 2.25 bits per heavy atom. The zero-order valence-corrected chi connectivity index (χ0v) is 9.57. The van der Waals surface area contributed by atoms with Gasteiger partial charge in [-0.2, -0.15) is 0 Å². The molecular weight excluding hydrogens is 204 g/mol. The molecule has 0 saturated heterocycles. The summed E-state index contributed by atoms with van der Waals surface area (Å²) < 4.78 is 5.74. The summed E-state index contributed by atoms with van der Waals surface area (Å²) in [6, 6.07) is 3.66.